The van der Waals surface area contributed by atoms with Crippen molar-refractivity contribution >= 4 is 21.6 Å². The average Bonchev–Trinajstić information content (AvgIpc) is 2.42. The molecule has 2 aromatic rings. The maximum atomic E-state index is 13.4. The molecule has 0 fully saturated rings. The van der Waals surface area contributed by atoms with Crippen LogP contribution in [-0.2, 0) is 0 Å². The molecule has 106 valence electrons. The molecule has 0 aliphatic carbocycles. The summed E-state index contributed by atoms with van der Waals surface area (Å²) in [4.78, 5) is 4.34. The summed E-state index contributed by atoms with van der Waals surface area (Å²) in [5, 5.41) is 3.36. The Bertz CT molecular complexity index is 619. The number of halogens is 2. The minimum absolute atomic E-state index is 0.0196. The molecule has 0 aliphatic rings. The largest absolute Gasteiger partial charge is 0.494 e. The number of anilines is 1. The molecule has 0 radical (unpaired) electrons. The van der Waals surface area contributed by atoms with Crippen LogP contribution in [0, 0.1) is 12.7 Å². The van der Waals surface area contributed by atoms with Gasteiger partial charge in [0.05, 0.1) is 18.5 Å². The number of nitrogens with one attached hydrogen (secondary N) is 1. The van der Waals surface area contributed by atoms with E-state index in [2.05, 4.69) is 26.2 Å². The van der Waals surface area contributed by atoms with E-state index in [1.54, 1.807) is 12.1 Å². The van der Waals surface area contributed by atoms with Crippen molar-refractivity contribution in [3.63, 3.8) is 0 Å². The van der Waals surface area contributed by atoms with Crippen LogP contribution < -0.4 is 10.1 Å². The maximum absolute atomic E-state index is 13.4. The predicted molar refractivity (Wildman–Crippen MR) is 81.7 cm³/mol. The molecule has 1 heterocycles. The fourth-order valence-corrected chi connectivity index (χ4v) is 2.34. The fraction of sp³-hybridized carbons (Fsp3) is 0.267. The van der Waals surface area contributed by atoms with E-state index >= 15 is 0 Å². The van der Waals surface area contributed by atoms with Gasteiger partial charge in [0.15, 0.2) is 11.6 Å². The van der Waals surface area contributed by atoms with Gasteiger partial charge in [0.2, 0.25) is 0 Å². The van der Waals surface area contributed by atoms with Gasteiger partial charge in [-0.1, -0.05) is 6.07 Å². The number of benzene rings is 1. The number of nitrogens with zero attached hydrogens (tertiary/aromatic N) is 1. The normalized spacial score (nSPS) is 12.1. The Kier molecular flexibility index (Phi) is 4.60. The van der Waals surface area contributed by atoms with Crippen LogP contribution in [0.25, 0.3) is 0 Å². The summed E-state index contributed by atoms with van der Waals surface area (Å²) in [7, 11) is 1.46. The Hall–Kier alpha value is -1.62. The number of pyridine rings is 1. The topological polar surface area (TPSA) is 34.1 Å². The van der Waals surface area contributed by atoms with Crippen LogP contribution in [0.5, 0.6) is 5.75 Å². The van der Waals surface area contributed by atoms with Crippen molar-refractivity contribution in [2.75, 3.05) is 12.4 Å². The molecule has 1 unspecified atom stereocenters. The number of ether oxygens (including phenoxy) is 1. The first kappa shape index (κ1) is 14.8. The molecule has 0 saturated carbocycles. The highest BCUT2D eigenvalue weighted by molar-refractivity contribution is 9.10. The fourth-order valence-electron chi connectivity index (χ4n) is 1.95. The van der Waals surface area contributed by atoms with E-state index in [4.69, 9.17) is 4.74 Å². The van der Waals surface area contributed by atoms with Gasteiger partial charge in [-0.05, 0) is 59.6 Å². The highest BCUT2D eigenvalue weighted by Gasteiger charge is 2.11. The van der Waals surface area contributed by atoms with E-state index in [0.29, 0.717) is 0 Å². The predicted octanol–water partition coefficient (Wildman–Crippen LogP) is 4.47. The van der Waals surface area contributed by atoms with Crippen molar-refractivity contribution in [3.05, 3.63) is 52.0 Å². The Morgan fingerprint density at radius 3 is 2.70 bits per heavy atom. The second-order valence-electron chi connectivity index (χ2n) is 4.53. The van der Waals surface area contributed by atoms with Gasteiger partial charge in [0.1, 0.15) is 4.60 Å². The zero-order valence-corrected chi connectivity index (χ0v) is 13.2. The minimum atomic E-state index is -0.357. The first-order valence-corrected chi connectivity index (χ1v) is 7.03. The van der Waals surface area contributed by atoms with Crippen LogP contribution in [0.1, 0.15) is 24.2 Å². The number of hydrogen-bond acceptors (Lipinski definition) is 3. The first-order chi connectivity index (χ1) is 9.51. The molecule has 5 heteroatoms. The minimum Gasteiger partial charge on any atom is -0.494 e. The van der Waals surface area contributed by atoms with Gasteiger partial charge >= 0.3 is 0 Å². The van der Waals surface area contributed by atoms with Gasteiger partial charge in [-0.3, -0.25) is 0 Å². The van der Waals surface area contributed by atoms with E-state index < -0.39 is 0 Å². The number of aromatic nitrogens is 1. The molecule has 3 nitrogen and oxygen atoms in total. The zero-order valence-electron chi connectivity index (χ0n) is 11.6. The molecule has 1 atom stereocenters. The highest BCUT2D eigenvalue weighted by Crippen LogP contribution is 2.26. The molecule has 0 saturated heterocycles. The number of hydrogen-bond donors (Lipinski definition) is 1. The summed E-state index contributed by atoms with van der Waals surface area (Å²) in [6.45, 7) is 3.94. The van der Waals surface area contributed by atoms with Gasteiger partial charge in [0, 0.05) is 6.04 Å². The van der Waals surface area contributed by atoms with Crippen LogP contribution >= 0.6 is 15.9 Å². The van der Waals surface area contributed by atoms with Crippen molar-refractivity contribution in [2.24, 2.45) is 0 Å². The first-order valence-electron chi connectivity index (χ1n) is 6.24. The lowest BCUT2D eigenvalue weighted by Gasteiger charge is -2.18. The van der Waals surface area contributed by atoms with Crippen LogP contribution in [0.15, 0.2) is 34.9 Å². The molecule has 1 aromatic heterocycles. The van der Waals surface area contributed by atoms with E-state index in [1.807, 2.05) is 26.0 Å². The van der Waals surface area contributed by atoms with Gasteiger partial charge in [-0.2, -0.15) is 0 Å². The Labute approximate surface area is 126 Å². The molecule has 0 aliphatic heterocycles. The standard InChI is InChI=1S/C15H16BrFN2O/c1-9(11-4-5-12(17)14(8-11)20-3)18-13-6-7-15(16)19-10(13)2/h4-9,18H,1-3H3. The van der Waals surface area contributed by atoms with Crippen LogP contribution in [0.2, 0.25) is 0 Å². The summed E-state index contributed by atoms with van der Waals surface area (Å²) >= 11 is 3.34. The summed E-state index contributed by atoms with van der Waals surface area (Å²) < 4.78 is 19.2. The number of methoxy groups -OCH3 is 1. The van der Waals surface area contributed by atoms with Crippen LogP contribution in [0.4, 0.5) is 10.1 Å². The van der Waals surface area contributed by atoms with Crippen molar-refractivity contribution in [1.29, 1.82) is 0 Å². The third kappa shape index (κ3) is 3.28. The van der Waals surface area contributed by atoms with Gasteiger partial charge in [-0.25, -0.2) is 9.37 Å². The van der Waals surface area contributed by atoms with Gasteiger partial charge < -0.3 is 10.1 Å². The molecule has 2 rings (SSSR count). The number of aryl methyl sites for hydroxylation is 1. The monoisotopic (exact) mass is 338 g/mol. The second-order valence-corrected chi connectivity index (χ2v) is 5.34. The van der Waals surface area contributed by atoms with E-state index in [-0.39, 0.29) is 17.6 Å². The summed E-state index contributed by atoms with van der Waals surface area (Å²) in [6.07, 6.45) is 0. The Morgan fingerprint density at radius 1 is 1.30 bits per heavy atom. The second kappa shape index (κ2) is 6.22. The highest BCUT2D eigenvalue weighted by atomic mass is 79.9. The van der Waals surface area contributed by atoms with E-state index in [9.17, 15) is 4.39 Å². The van der Waals surface area contributed by atoms with Gasteiger partial charge in [-0.15, -0.1) is 0 Å². The molecule has 0 spiro atoms. The lowest BCUT2D eigenvalue weighted by atomic mass is 10.1. The summed E-state index contributed by atoms with van der Waals surface area (Å²) in [5.74, 6) is -0.105. The third-order valence-electron chi connectivity index (χ3n) is 3.10. The molecule has 0 bridgehead atoms. The molecule has 20 heavy (non-hydrogen) atoms. The third-order valence-corrected chi connectivity index (χ3v) is 3.54. The smallest absolute Gasteiger partial charge is 0.165 e. The van der Waals surface area contributed by atoms with Crippen molar-refractivity contribution in [2.45, 2.75) is 19.9 Å². The van der Waals surface area contributed by atoms with Gasteiger partial charge in [0.25, 0.3) is 0 Å². The van der Waals surface area contributed by atoms with E-state index in [0.717, 1.165) is 21.5 Å². The Morgan fingerprint density at radius 2 is 2.05 bits per heavy atom. The maximum Gasteiger partial charge on any atom is 0.165 e. The molecular formula is C15H16BrFN2O. The Balaban J connectivity index is 2.21. The lowest BCUT2D eigenvalue weighted by molar-refractivity contribution is 0.385. The SMILES string of the molecule is COc1cc(C(C)Nc2ccc(Br)nc2C)ccc1F. The molecular weight excluding hydrogens is 323 g/mol. The van der Waals surface area contributed by atoms with Crippen molar-refractivity contribution in [1.82, 2.24) is 4.98 Å². The summed E-state index contributed by atoms with van der Waals surface area (Å²) in [5.41, 5.74) is 2.80. The van der Waals surface area contributed by atoms with Crippen LogP contribution in [0.3, 0.4) is 0 Å². The average molecular weight is 339 g/mol. The molecule has 1 N–H and O–H groups in total. The summed E-state index contributed by atoms with van der Waals surface area (Å²) in [6, 6.07) is 8.73. The molecule has 1 aromatic carbocycles. The zero-order chi connectivity index (χ0) is 14.7. The quantitative estimate of drug-likeness (QED) is 0.835. The van der Waals surface area contributed by atoms with Crippen molar-refractivity contribution < 1.29 is 9.13 Å². The van der Waals surface area contributed by atoms with Crippen molar-refractivity contribution in [3.8, 4) is 5.75 Å². The number of rotatable bonds is 4. The molecule has 0 amide bonds. The lowest BCUT2D eigenvalue weighted by Crippen LogP contribution is -2.08. The van der Waals surface area contributed by atoms with Crippen LogP contribution in [-0.4, -0.2) is 12.1 Å². The van der Waals surface area contributed by atoms with E-state index in [1.165, 1.54) is 13.2 Å².